The van der Waals surface area contributed by atoms with E-state index in [0.717, 1.165) is 35.5 Å². The minimum absolute atomic E-state index is 0.402. The third-order valence-electron chi connectivity index (χ3n) is 7.74. The van der Waals surface area contributed by atoms with Crippen molar-refractivity contribution in [1.82, 2.24) is 0 Å². The maximum atomic E-state index is 13.5. The molecule has 0 saturated carbocycles. The predicted octanol–water partition coefficient (Wildman–Crippen LogP) is 10.2. The fourth-order valence-electron chi connectivity index (χ4n) is 5.09. The number of hydrogen-bond acceptors (Lipinski definition) is 1. The lowest BCUT2D eigenvalue weighted by atomic mass is 9.75. The van der Waals surface area contributed by atoms with Crippen LogP contribution in [0.25, 0.3) is 0 Å². The van der Waals surface area contributed by atoms with Crippen molar-refractivity contribution in [2.24, 2.45) is 5.92 Å². The van der Waals surface area contributed by atoms with Crippen molar-refractivity contribution in [3.8, 4) is 0 Å². The van der Waals surface area contributed by atoms with E-state index in [0.29, 0.717) is 29.2 Å². The van der Waals surface area contributed by atoms with Gasteiger partial charge in [0.2, 0.25) is 0 Å². The van der Waals surface area contributed by atoms with Crippen LogP contribution in [0.5, 0.6) is 0 Å². The van der Waals surface area contributed by atoms with Gasteiger partial charge < -0.3 is 4.90 Å². The number of rotatable bonds is 7. The number of fused-ring (bicyclic) bond motifs is 1. The normalized spacial score (nSPS) is 17.0. The lowest BCUT2D eigenvalue weighted by Gasteiger charge is -2.29. The maximum absolute atomic E-state index is 13.5. The summed E-state index contributed by atoms with van der Waals surface area (Å²) >= 11 is 0. The van der Waals surface area contributed by atoms with Crippen LogP contribution in [0.4, 0.5) is 32.0 Å². The molecule has 0 fully saturated rings. The van der Waals surface area contributed by atoms with Crippen molar-refractivity contribution < 1.29 is 26.3 Å². The Morgan fingerprint density at radius 1 is 0.949 bits per heavy atom. The fraction of sp³-hybridized carbons (Fsp3) is 0.438. The van der Waals surface area contributed by atoms with E-state index < -0.39 is 34.3 Å². The van der Waals surface area contributed by atoms with E-state index in [1.807, 2.05) is 33.8 Å². The second-order valence-electron chi connectivity index (χ2n) is 11.8. The molecule has 3 rings (SSSR count). The van der Waals surface area contributed by atoms with Gasteiger partial charge in [0, 0.05) is 28.8 Å². The molecule has 0 radical (unpaired) electrons. The number of halogens is 6. The zero-order valence-electron chi connectivity index (χ0n) is 23.6. The Morgan fingerprint density at radius 3 is 2.08 bits per heavy atom. The number of alkyl halides is 6. The highest BCUT2D eigenvalue weighted by atomic mass is 19.4. The third kappa shape index (κ3) is 6.28. The van der Waals surface area contributed by atoms with Gasteiger partial charge in [0.15, 0.2) is 0 Å². The highest BCUT2D eigenvalue weighted by molar-refractivity contribution is 5.71. The van der Waals surface area contributed by atoms with Gasteiger partial charge in [-0.1, -0.05) is 66.3 Å². The molecule has 39 heavy (non-hydrogen) atoms. The van der Waals surface area contributed by atoms with Gasteiger partial charge >= 0.3 is 12.4 Å². The van der Waals surface area contributed by atoms with Gasteiger partial charge in [-0.3, -0.25) is 0 Å². The molecule has 0 aromatic heterocycles. The van der Waals surface area contributed by atoms with Crippen molar-refractivity contribution in [3.63, 3.8) is 0 Å². The monoisotopic (exact) mass is 549 g/mol. The van der Waals surface area contributed by atoms with Gasteiger partial charge in [0.1, 0.15) is 0 Å². The molecule has 0 N–H and O–H groups in total. The molecule has 0 atom stereocenters. The first-order valence-corrected chi connectivity index (χ1v) is 13.0. The number of nitrogens with zero attached hydrogens (tertiary/aromatic N) is 1. The molecule has 2 aromatic rings. The fourth-order valence-corrected chi connectivity index (χ4v) is 5.09. The molecule has 2 aromatic carbocycles. The van der Waals surface area contributed by atoms with Gasteiger partial charge in [-0.05, 0) is 77.9 Å². The Labute approximate surface area is 227 Å². The van der Waals surface area contributed by atoms with Crippen LogP contribution >= 0.6 is 0 Å². The molecule has 0 bridgehead atoms. The molecule has 7 heteroatoms. The topological polar surface area (TPSA) is 3.24 Å². The van der Waals surface area contributed by atoms with Crippen molar-refractivity contribution >= 4 is 5.69 Å². The quantitative estimate of drug-likeness (QED) is 0.245. The predicted molar refractivity (Wildman–Crippen MR) is 147 cm³/mol. The van der Waals surface area contributed by atoms with Crippen molar-refractivity contribution in [2.45, 2.75) is 78.1 Å². The Morgan fingerprint density at radius 2 is 1.51 bits per heavy atom. The van der Waals surface area contributed by atoms with Crippen LogP contribution in [-0.2, 0) is 23.2 Å². The zero-order chi connectivity index (χ0) is 29.6. The lowest BCUT2D eigenvalue weighted by Crippen LogP contribution is -2.27. The SMILES string of the molecule is C=C(/C=C/C=C1/N(CCC(C)C)c2ccc(C(F)(F)F)cc2C1(C)C)C(C)(C)c1cc(C(F)(F)F)ccc1C. The largest absolute Gasteiger partial charge is 0.416 e. The van der Waals surface area contributed by atoms with Crippen LogP contribution in [0.1, 0.15) is 75.8 Å². The zero-order valence-corrected chi connectivity index (χ0v) is 23.6. The standard InChI is InChI=1S/C32H37F6N/c1-20(2)16-17-39-27-15-14-24(32(36,37)38)19-26(27)30(7,8)28(39)11-9-10-22(4)29(5,6)25-18-23(31(33,34)35)13-12-21(25)3/h9-15,18-20H,4,16-17H2,1-3,5-8H3/b10-9+,28-11+. The third-order valence-corrected chi connectivity index (χ3v) is 7.74. The van der Waals surface area contributed by atoms with E-state index in [9.17, 15) is 26.3 Å². The second-order valence-corrected chi connectivity index (χ2v) is 11.8. The summed E-state index contributed by atoms with van der Waals surface area (Å²) in [7, 11) is 0. The van der Waals surface area contributed by atoms with Crippen LogP contribution in [0, 0.1) is 12.8 Å². The number of hydrogen-bond donors (Lipinski definition) is 0. The van der Waals surface area contributed by atoms with Crippen LogP contribution < -0.4 is 4.90 Å². The van der Waals surface area contributed by atoms with E-state index >= 15 is 0 Å². The molecule has 0 amide bonds. The molecule has 1 aliphatic rings. The molecule has 212 valence electrons. The van der Waals surface area contributed by atoms with E-state index in [1.54, 1.807) is 25.1 Å². The van der Waals surface area contributed by atoms with Crippen molar-refractivity contribution in [3.05, 3.63) is 100 Å². The first-order valence-electron chi connectivity index (χ1n) is 13.0. The second kappa shape index (κ2) is 10.5. The number of aryl methyl sites for hydroxylation is 1. The number of allylic oxidation sites excluding steroid dienone is 5. The highest BCUT2D eigenvalue weighted by Crippen LogP contribution is 2.49. The number of benzene rings is 2. The molecule has 1 nitrogen and oxygen atoms in total. The molecule has 0 unspecified atom stereocenters. The average Bonchev–Trinajstić information content (AvgIpc) is 3.02. The lowest BCUT2D eigenvalue weighted by molar-refractivity contribution is -0.138. The van der Waals surface area contributed by atoms with Crippen LogP contribution in [0.2, 0.25) is 0 Å². The average molecular weight is 550 g/mol. The summed E-state index contributed by atoms with van der Waals surface area (Å²) in [5.41, 5.74) is 1.24. The van der Waals surface area contributed by atoms with Gasteiger partial charge in [-0.15, -0.1) is 0 Å². The molecule has 1 heterocycles. The Bertz CT molecular complexity index is 1290. The van der Waals surface area contributed by atoms with E-state index in [2.05, 4.69) is 25.3 Å². The minimum Gasteiger partial charge on any atom is -0.344 e. The molecule has 1 aliphatic heterocycles. The Hall–Kier alpha value is -2.96. The summed E-state index contributed by atoms with van der Waals surface area (Å²) in [6.07, 6.45) is -2.59. The first kappa shape index (κ1) is 30.6. The summed E-state index contributed by atoms with van der Waals surface area (Å²) < 4.78 is 80.7. The van der Waals surface area contributed by atoms with Gasteiger partial charge in [-0.2, -0.15) is 26.3 Å². The Balaban J connectivity index is 2.00. The molecule has 0 aliphatic carbocycles. The van der Waals surface area contributed by atoms with Crippen LogP contribution in [-0.4, -0.2) is 6.54 Å². The summed E-state index contributed by atoms with van der Waals surface area (Å²) in [4.78, 5) is 2.07. The van der Waals surface area contributed by atoms with Crippen molar-refractivity contribution in [2.75, 3.05) is 11.4 Å². The van der Waals surface area contributed by atoms with Gasteiger partial charge in [0.25, 0.3) is 0 Å². The summed E-state index contributed by atoms with van der Waals surface area (Å²) in [5, 5.41) is 0. The Kier molecular flexibility index (Phi) is 8.27. The molecule has 0 saturated heterocycles. The molecule has 0 spiro atoms. The number of anilines is 1. The molecular weight excluding hydrogens is 512 g/mol. The highest BCUT2D eigenvalue weighted by Gasteiger charge is 2.42. The van der Waals surface area contributed by atoms with Crippen molar-refractivity contribution in [1.29, 1.82) is 0 Å². The summed E-state index contributed by atoms with van der Waals surface area (Å²) in [6, 6.07) is 7.63. The van der Waals surface area contributed by atoms with Gasteiger partial charge in [-0.25, -0.2) is 0 Å². The maximum Gasteiger partial charge on any atom is 0.416 e. The van der Waals surface area contributed by atoms with E-state index in [-0.39, 0.29) is 0 Å². The molecular formula is C32H37F6N. The van der Waals surface area contributed by atoms with Gasteiger partial charge in [0.05, 0.1) is 11.1 Å². The van der Waals surface area contributed by atoms with E-state index in [1.165, 1.54) is 18.2 Å². The summed E-state index contributed by atoms with van der Waals surface area (Å²) in [5.74, 6) is 0.402. The van der Waals surface area contributed by atoms with Crippen LogP contribution in [0.15, 0.2) is 72.5 Å². The minimum atomic E-state index is -4.45. The van der Waals surface area contributed by atoms with Crippen LogP contribution in [0.3, 0.4) is 0 Å². The smallest absolute Gasteiger partial charge is 0.344 e. The summed E-state index contributed by atoms with van der Waals surface area (Å²) in [6.45, 7) is 18.3. The first-order chi connectivity index (χ1) is 17.8. The van der Waals surface area contributed by atoms with E-state index in [4.69, 9.17) is 0 Å².